The van der Waals surface area contributed by atoms with Crippen LogP contribution in [0.15, 0.2) is 17.8 Å². The summed E-state index contributed by atoms with van der Waals surface area (Å²) in [6.45, 7) is 7.93. The Morgan fingerprint density at radius 1 is 1.53 bits per heavy atom. The third-order valence-corrected chi connectivity index (χ3v) is 4.47. The summed E-state index contributed by atoms with van der Waals surface area (Å²) in [5, 5.41) is 5.38. The summed E-state index contributed by atoms with van der Waals surface area (Å²) in [6, 6.07) is 0. The second kappa shape index (κ2) is 4.78. The van der Waals surface area contributed by atoms with Crippen LogP contribution in [-0.4, -0.2) is 23.0 Å². The third-order valence-electron chi connectivity index (χ3n) is 3.70. The van der Waals surface area contributed by atoms with Gasteiger partial charge in [-0.2, -0.15) is 0 Å². The molecule has 3 nitrogen and oxygen atoms in total. The number of nitrogens with one attached hydrogen (secondary N) is 1. The molecular weight excluding hydrogens is 230 g/mol. The van der Waals surface area contributed by atoms with Crippen molar-refractivity contribution in [3.05, 3.63) is 23.5 Å². The number of hydrogen-bond donors (Lipinski definition) is 1. The lowest BCUT2D eigenvalue weighted by Gasteiger charge is -2.33. The number of nitrogens with zero attached hydrogens (tertiary/aromatic N) is 2. The summed E-state index contributed by atoms with van der Waals surface area (Å²) in [6.07, 6.45) is 5.25. The zero-order valence-corrected chi connectivity index (χ0v) is 11.8. The van der Waals surface area contributed by atoms with E-state index in [4.69, 9.17) is 0 Å². The van der Waals surface area contributed by atoms with Gasteiger partial charge in [0.25, 0.3) is 0 Å². The van der Waals surface area contributed by atoms with Gasteiger partial charge < -0.3 is 5.32 Å². The molecule has 17 heavy (non-hydrogen) atoms. The van der Waals surface area contributed by atoms with Crippen LogP contribution in [-0.2, 0) is 6.42 Å². The number of hydrogen-bond acceptors (Lipinski definition) is 3. The fourth-order valence-electron chi connectivity index (χ4n) is 2.15. The van der Waals surface area contributed by atoms with E-state index >= 15 is 0 Å². The summed E-state index contributed by atoms with van der Waals surface area (Å²) in [4.78, 5) is 5.77. The Hall–Kier alpha value is -0.870. The molecule has 0 bridgehead atoms. The van der Waals surface area contributed by atoms with Crippen LogP contribution < -0.4 is 5.32 Å². The maximum Gasteiger partial charge on any atom is 0.193 e. The predicted molar refractivity (Wildman–Crippen MR) is 73.6 cm³/mol. The van der Waals surface area contributed by atoms with Crippen molar-refractivity contribution in [3.63, 3.8) is 0 Å². The highest BCUT2D eigenvalue weighted by Crippen LogP contribution is 2.30. The van der Waals surface area contributed by atoms with Gasteiger partial charge in [0.1, 0.15) is 0 Å². The van der Waals surface area contributed by atoms with Crippen LogP contribution in [0.5, 0.6) is 0 Å². The fourth-order valence-corrected chi connectivity index (χ4v) is 2.87. The maximum absolute atomic E-state index is 4.68. The van der Waals surface area contributed by atoms with Crippen molar-refractivity contribution in [2.75, 3.05) is 13.6 Å². The number of thiazole rings is 1. The highest BCUT2D eigenvalue weighted by atomic mass is 32.1. The second-order valence-corrected chi connectivity index (χ2v) is 6.21. The Morgan fingerprint density at radius 2 is 2.29 bits per heavy atom. The van der Waals surface area contributed by atoms with Crippen LogP contribution in [0.3, 0.4) is 0 Å². The lowest BCUT2D eigenvalue weighted by atomic mass is 9.75. The molecule has 94 valence electrons. The molecule has 1 unspecified atom stereocenters. The first kappa shape index (κ1) is 12.6. The molecule has 0 aliphatic rings. The Labute approximate surface area is 107 Å². The van der Waals surface area contributed by atoms with Gasteiger partial charge in [0.05, 0.1) is 5.69 Å². The number of fused-ring (bicyclic) bond motifs is 1. The van der Waals surface area contributed by atoms with Gasteiger partial charge in [0, 0.05) is 24.3 Å². The number of rotatable bonds is 5. The zero-order chi connectivity index (χ0) is 12.5. The van der Waals surface area contributed by atoms with Crippen molar-refractivity contribution < 1.29 is 0 Å². The Bertz CT molecular complexity index is 457. The molecular formula is C13H21N3S. The van der Waals surface area contributed by atoms with Crippen molar-refractivity contribution in [1.82, 2.24) is 14.7 Å². The van der Waals surface area contributed by atoms with E-state index in [1.807, 2.05) is 7.05 Å². The summed E-state index contributed by atoms with van der Waals surface area (Å²) in [7, 11) is 2.02. The molecule has 0 radical (unpaired) electrons. The van der Waals surface area contributed by atoms with Gasteiger partial charge in [0.2, 0.25) is 0 Å². The lowest BCUT2D eigenvalue weighted by Crippen LogP contribution is -2.36. The SMILES string of the molecule is CNCC(C)(Cc1cn2ccsc2n1)C(C)C. The lowest BCUT2D eigenvalue weighted by molar-refractivity contribution is 0.211. The van der Waals surface area contributed by atoms with Crippen molar-refractivity contribution >= 4 is 16.3 Å². The molecule has 0 saturated heterocycles. The van der Waals surface area contributed by atoms with Crippen molar-refractivity contribution in [1.29, 1.82) is 0 Å². The van der Waals surface area contributed by atoms with Crippen LogP contribution in [0, 0.1) is 11.3 Å². The van der Waals surface area contributed by atoms with Gasteiger partial charge in [-0.15, -0.1) is 11.3 Å². The number of imidazole rings is 1. The molecule has 2 aromatic heterocycles. The summed E-state index contributed by atoms with van der Waals surface area (Å²) in [5.41, 5.74) is 1.46. The molecule has 0 amide bonds. The van der Waals surface area contributed by atoms with E-state index in [-0.39, 0.29) is 5.41 Å². The Morgan fingerprint density at radius 3 is 2.88 bits per heavy atom. The number of aromatic nitrogens is 2. The summed E-state index contributed by atoms with van der Waals surface area (Å²) in [5.74, 6) is 0.634. The first-order valence-corrected chi connectivity index (χ1v) is 6.99. The van der Waals surface area contributed by atoms with Crippen molar-refractivity contribution in [2.45, 2.75) is 27.2 Å². The average molecular weight is 251 g/mol. The van der Waals surface area contributed by atoms with Gasteiger partial charge in [-0.05, 0) is 24.8 Å². The van der Waals surface area contributed by atoms with Crippen LogP contribution in [0.1, 0.15) is 26.5 Å². The quantitative estimate of drug-likeness (QED) is 0.885. The standard InChI is InChI=1S/C13H21N3S/c1-10(2)13(3,9-14-4)7-11-8-16-5-6-17-12(16)15-11/h5-6,8,10,14H,7,9H2,1-4H3. The van der Waals surface area contributed by atoms with E-state index < -0.39 is 0 Å². The van der Waals surface area contributed by atoms with Crippen LogP contribution in [0.2, 0.25) is 0 Å². The van der Waals surface area contributed by atoms with Crippen LogP contribution >= 0.6 is 11.3 Å². The maximum atomic E-state index is 4.68. The molecule has 0 aliphatic carbocycles. The van der Waals surface area contributed by atoms with Gasteiger partial charge in [0.15, 0.2) is 4.96 Å². The van der Waals surface area contributed by atoms with E-state index in [9.17, 15) is 0 Å². The molecule has 0 fully saturated rings. The molecule has 1 atom stereocenters. The molecule has 0 spiro atoms. The molecule has 1 N–H and O–H groups in total. The molecule has 2 rings (SSSR count). The van der Waals surface area contributed by atoms with Gasteiger partial charge in [-0.25, -0.2) is 4.98 Å². The molecule has 0 aromatic carbocycles. The van der Waals surface area contributed by atoms with Gasteiger partial charge in [-0.3, -0.25) is 4.40 Å². The van der Waals surface area contributed by atoms with E-state index in [1.54, 1.807) is 11.3 Å². The van der Waals surface area contributed by atoms with Crippen molar-refractivity contribution in [2.24, 2.45) is 11.3 Å². The molecule has 4 heteroatoms. The average Bonchev–Trinajstić information content (AvgIpc) is 2.77. The molecule has 0 aliphatic heterocycles. The molecule has 0 saturated carbocycles. The largest absolute Gasteiger partial charge is 0.319 e. The van der Waals surface area contributed by atoms with E-state index in [1.165, 1.54) is 5.69 Å². The predicted octanol–water partition coefficient (Wildman–Crippen LogP) is 2.82. The zero-order valence-electron chi connectivity index (χ0n) is 11.0. The molecule has 2 heterocycles. The first-order valence-electron chi connectivity index (χ1n) is 6.11. The smallest absolute Gasteiger partial charge is 0.193 e. The topological polar surface area (TPSA) is 29.3 Å². The van der Waals surface area contributed by atoms with E-state index in [2.05, 4.69) is 53.2 Å². The van der Waals surface area contributed by atoms with Gasteiger partial charge in [-0.1, -0.05) is 20.8 Å². The van der Waals surface area contributed by atoms with Crippen LogP contribution in [0.4, 0.5) is 0 Å². The van der Waals surface area contributed by atoms with Crippen LogP contribution in [0.25, 0.3) is 4.96 Å². The fraction of sp³-hybridized carbons (Fsp3) is 0.615. The third kappa shape index (κ3) is 2.53. The monoisotopic (exact) mass is 251 g/mol. The molecule has 2 aromatic rings. The highest BCUT2D eigenvalue weighted by Gasteiger charge is 2.28. The summed E-state index contributed by atoms with van der Waals surface area (Å²) >= 11 is 1.69. The summed E-state index contributed by atoms with van der Waals surface area (Å²) < 4.78 is 2.11. The Balaban J connectivity index is 2.20. The van der Waals surface area contributed by atoms with Crippen molar-refractivity contribution in [3.8, 4) is 0 Å². The minimum Gasteiger partial charge on any atom is -0.319 e. The first-order chi connectivity index (χ1) is 8.05. The minimum absolute atomic E-state index is 0.263. The van der Waals surface area contributed by atoms with E-state index in [0.29, 0.717) is 5.92 Å². The van der Waals surface area contributed by atoms with Gasteiger partial charge >= 0.3 is 0 Å². The second-order valence-electron chi connectivity index (χ2n) is 5.34. The normalized spacial score (nSPS) is 15.6. The Kier molecular flexibility index (Phi) is 3.54. The minimum atomic E-state index is 0.263. The highest BCUT2D eigenvalue weighted by molar-refractivity contribution is 7.15. The van der Waals surface area contributed by atoms with E-state index in [0.717, 1.165) is 17.9 Å².